The molecule has 0 aromatic carbocycles. The maximum atomic E-state index is 10.4. The molecule has 0 N–H and O–H groups in total. The second-order valence-corrected chi connectivity index (χ2v) is 0.564. The van der Waals surface area contributed by atoms with Crippen molar-refractivity contribution in [2.45, 2.75) is 0 Å². The molecular weight excluding hydrogens is 135 g/mol. The quantitative estimate of drug-likeness (QED) is 0.411. The van der Waals surface area contributed by atoms with E-state index in [1.807, 2.05) is 0 Å². The Kier molecular flexibility index (Phi) is 14.1. The zero-order valence-electron chi connectivity index (χ0n) is 3.08. The predicted octanol–water partition coefficient (Wildman–Crippen LogP) is 1.07. The van der Waals surface area contributed by atoms with E-state index in [0.29, 0.717) is 0 Å². The molecule has 6 heavy (non-hydrogen) atoms. The molecule has 1 nitrogen and oxygen atoms in total. The van der Waals surface area contributed by atoms with Crippen LogP contribution in [0.3, 0.4) is 0 Å². The summed E-state index contributed by atoms with van der Waals surface area (Å²) in [6, 6.07) is 0. The monoisotopic (exact) mass is 139 g/mol. The molecule has 0 amide bonds. The van der Waals surface area contributed by atoms with Crippen molar-refractivity contribution in [3.8, 4) is 0 Å². The smallest absolute Gasteiger partial charge is 0.105 e. The molecule has 0 spiro atoms. The molecule has 41 valence electrons. The van der Waals surface area contributed by atoms with Gasteiger partial charge in [-0.1, -0.05) is 6.08 Å². The second kappa shape index (κ2) is 8.94. The minimum absolute atomic E-state index is 0. The van der Waals surface area contributed by atoms with E-state index in [0.717, 1.165) is 0 Å². The van der Waals surface area contributed by atoms with Crippen LogP contribution in [0, 0.1) is 0 Å². The third kappa shape index (κ3) is 8.91. The largest absolute Gasteiger partial charge is 0.190 e. The van der Waals surface area contributed by atoms with Gasteiger partial charge in [-0.2, -0.15) is 4.94 Å². The summed E-state index contributed by atoms with van der Waals surface area (Å²) in [5.41, 5.74) is 0. The molecule has 0 saturated carbocycles. The van der Waals surface area contributed by atoms with Crippen LogP contribution in [0.4, 0.5) is 4.53 Å². The van der Waals surface area contributed by atoms with Crippen molar-refractivity contribution < 1.29 is 26.5 Å². The van der Waals surface area contributed by atoms with Crippen LogP contribution in [0.1, 0.15) is 0 Å². The van der Waals surface area contributed by atoms with Gasteiger partial charge in [0.05, 0.1) is 0 Å². The minimum Gasteiger partial charge on any atom is -0.190 e. The maximum Gasteiger partial charge on any atom is 0.105 e. The average Bonchev–Trinajstić information content (AvgIpc) is 1.41. The summed E-state index contributed by atoms with van der Waals surface area (Å²) in [4.78, 5) is 3.07. The van der Waals surface area contributed by atoms with E-state index in [1.54, 1.807) is 0 Å². The van der Waals surface area contributed by atoms with Crippen molar-refractivity contribution in [1.29, 1.82) is 0 Å². The summed E-state index contributed by atoms with van der Waals surface area (Å²) in [6.07, 6.45) is 1.33. The Morgan fingerprint density at radius 1 is 1.83 bits per heavy atom. The van der Waals surface area contributed by atoms with Gasteiger partial charge in [-0.05, 0) is 4.53 Å². The Balaban J connectivity index is 0. The molecule has 0 atom stereocenters. The topological polar surface area (TPSA) is 9.23 Å². The fraction of sp³-hybridized carbons (Fsp3) is 0.333. The van der Waals surface area contributed by atoms with Gasteiger partial charge in [0, 0.05) is 17.1 Å². The van der Waals surface area contributed by atoms with E-state index in [-0.39, 0.29) is 23.7 Å². The summed E-state index contributed by atoms with van der Waals surface area (Å²) in [5.74, 6) is 0. The second-order valence-electron chi connectivity index (χ2n) is 0.564. The van der Waals surface area contributed by atoms with Crippen molar-refractivity contribution in [2.24, 2.45) is 0 Å². The molecule has 0 saturated heterocycles. The predicted molar refractivity (Wildman–Crippen MR) is 17.3 cm³/mol. The number of hydrogen-bond acceptors (Lipinski definition) is 1. The molecular formula is C3H5CuFO. The van der Waals surface area contributed by atoms with Crippen molar-refractivity contribution in [3.05, 3.63) is 12.7 Å². The third-order valence-corrected chi connectivity index (χ3v) is 0.181. The molecule has 0 unspecified atom stereocenters. The summed E-state index contributed by atoms with van der Waals surface area (Å²) < 4.78 is 10.4. The number of rotatable bonds is 2. The van der Waals surface area contributed by atoms with Crippen LogP contribution in [-0.4, -0.2) is 6.61 Å². The Morgan fingerprint density at radius 3 is 2.33 bits per heavy atom. The Labute approximate surface area is 46.6 Å². The van der Waals surface area contributed by atoms with Crippen LogP contribution in [-0.2, 0) is 22.0 Å². The Bertz CT molecular complexity index is 32.0. The van der Waals surface area contributed by atoms with Gasteiger partial charge < -0.3 is 0 Å². The van der Waals surface area contributed by atoms with E-state index < -0.39 is 0 Å². The fourth-order valence-electron chi connectivity index (χ4n) is 0.0445. The van der Waals surface area contributed by atoms with E-state index in [1.165, 1.54) is 6.08 Å². The van der Waals surface area contributed by atoms with Crippen LogP contribution >= 0.6 is 0 Å². The van der Waals surface area contributed by atoms with Gasteiger partial charge in [-0.3, -0.25) is 0 Å². The van der Waals surface area contributed by atoms with E-state index in [9.17, 15) is 4.53 Å². The molecule has 0 aliphatic carbocycles. The zero-order valence-corrected chi connectivity index (χ0v) is 4.02. The first-order valence-corrected chi connectivity index (χ1v) is 1.26. The molecule has 1 radical (unpaired) electrons. The zero-order chi connectivity index (χ0) is 4.12. The first-order valence-electron chi connectivity index (χ1n) is 1.26. The van der Waals surface area contributed by atoms with Gasteiger partial charge in [0.1, 0.15) is 6.61 Å². The van der Waals surface area contributed by atoms with Crippen LogP contribution in [0.15, 0.2) is 12.7 Å². The summed E-state index contributed by atoms with van der Waals surface area (Å²) in [5, 5.41) is 0. The minimum atomic E-state index is -0.0139. The molecule has 3 heteroatoms. The first-order chi connectivity index (χ1) is 2.41. The summed E-state index contributed by atoms with van der Waals surface area (Å²) >= 11 is 0. The third-order valence-electron chi connectivity index (χ3n) is 0.181. The summed E-state index contributed by atoms with van der Waals surface area (Å²) in [7, 11) is 0. The number of hydrogen-bond donors (Lipinski definition) is 0. The van der Waals surface area contributed by atoms with E-state index >= 15 is 0 Å². The first kappa shape index (κ1) is 9.47. The fourth-order valence-corrected chi connectivity index (χ4v) is 0.0445. The van der Waals surface area contributed by atoms with Gasteiger partial charge in [-0.15, -0.1) is 6.58 Å². The van der Waals surface area contributed by atoms with Crippen molar-refractivity contribution in [2.75, 3.05) is 6.61 Å². The van der Waals surface area contributed by atoms with E-state index in [2.05, 4.69) is 11.5 Å². The molecule has 0 aromatic rings. The average molecular weight is 140 g/mol. The number of halogens is 1. The molecule has 0 aromatic heterocycles. The van der Waals surface area contributed by atoms with Gasteiger partial charge in [0.25, 0.3) is 0 Å². The Morgan fingerprint density at radius 2 is 2.33 bits per heavy atom. The van der Waals surface area contributed by atoms with Gasteiger partial charge in [-0.25, -0.2) is 0 Å². The van der Waals surface area contributed by atoms with E-state index in [4.69, 9.17) is 0 Å². The standard InChI is InChI=1S/C3H5FO.Cu/c1-2-3-5-4;/h2H,1,3H2;. The molecule has 0 fully saturated rings. The molecule has 0 rings (SSSR count). The van der Waals surface area contributed by atoms with Crippen molar-refractivity contribution >= 4 is 0 Å². The van der Waals surface area contributed by atoms with Crippen molar-refractivity contribution in [3.63, 3.8) is 0 Å². The van der Waals surface area contributed by atoms with Crippen LogP contribution in [0.2, 0.25) is 0 Å². The van der Waals surface area contributed by atoms with Crippen LogP contribution in [0.25, 0.3) is 0 Å². The van der Waals surface area contributed by atoms with Crippen LogP contribution in [0.5, 0.6) is 0 Å². The SMILES string of the molecule is C=CCOF.[Cu]. The Hall–Kier alpha value is 0.149. The van der Waals surface area contributed by atoms with Gasteiger partial charge in [0.15, 0.2) is 0 Å². The van der Waals surface area contributed by atoms with Crippen molar-refractivity contribution in [1.82, 2.24) is 0 Å². The molecule has 0 bridgehead atoms. The molecule has 0 heterocycles. The summed E-state index contributed by atoms with van der Waals surface area (Å²) in [6.45, 7) is 3.17. The molecule has 0 aliphatic heterocycles. The van der Waals surface area contributed by atoms with Gasteiger partial charge >= 0.3 is 0 Å². The maximum absolute atomic E-state index is 10.4. The van der Waals surface area contributed by atoms with Crippen LogP contribution < -0.4 is 0 Å². The normalized spacial score (nSPS) is 6.17. The molecule has 0 aliphatic rings. The van der Waals surface area contributed by atoms with Gasteiger partial charge in [0.2, 0.25) is 0 Å².